The first-order valence-electron chi connectivity index (χ1n) is 11.5. The van der Waals surface area contributed by atoms with Crippen LogP contribution in [0, 0.1) is 0 Å². The molecule has 2 aromatic heterocycles. The average Bonchev–Trinajstić information content (AvgIpc) is 3.26. The van der Waals surface area contributed by atoms with E-state index in [1.807, 2.05) is 36.5 Å². The Morgan fingerprint density at radius 3 is 2.68 bits per heavy atom. The molecule has 9 nitrogen and oxygen atoms in total. The highest BCUT2D eigenvalue weighted by Gasteiger charge is 2.22. The molecular weight excluding hydrogens is 450 g/mol. The molecule has 1 saturated heterocycles. The number of aromatic nitrogens is 4. The maximum Gasteiger partial charge on any atom is 0.235 e. The molecule has 1 aliphatic heterocycles. The zero-order valence-corrected chi connectivity index (χ0v) is 20.4. The number of nitrogens with one attached hydrogen (secondary N) is 1. The summed E-state index contributed by atoms with van der Waals surface area (Å²) in [4.78, 5) is 10.7. The lowest BCUT2D eigenvalue weighted by molar-refractivity contribution is 0.202. The Hall–Kier alpha value is -3.11. The molecule has 1 aromatic carbocycles. The van der Waals surface area contributed by atoms with E-state index in [2.05, 4.69) is 42.7 Å². The van der Waals surface area contributed by atoms with E-state index in [4.69, 9.17) is 0 Å². The first kappa shape index (κ1) is 24.0. The van der Waals surface area contributed by atoms with Gasteiger partial charge in [0.15, 0.2) is 0 Å². The Balaban J connectivity index is 1.31. The van der Waals surface area contributed by atoms with Crippen molar-refractivity contribution in [3.05, 3.63) is 65.7 Å². The molecule has 0 radical (unpaired) electrons. The van der Waals surface area contributed by atoms with Crippen LogP contribution in [0.5, 0.6) is 0 Å². The molecule has 1 fully saturated rings. The monoisotopic (exact) mass is 481 g/mol. The van der Waals surface area contributed by atoms with Crippen LogP contribution in [-0.2, 0) is 23.1 Å². The molecule has 0 saturated carbocycles. The summed E-state index contributed by atoms with van der Waals surface area (Å²) in [6, 6.07) is 11.5. The lowest BCUT2D eigenvalue weighted by Crippen LogP contribution is -2.32. The van der Waals surface area contributed by atoms with Gasteiger partial charge in [-0.25, -0.2) is 13.1 Å². The lowest BCUT2D eigenvalue weighted by atomic mass is 9.89. The fourth-order valence-corrected chi connectivity index (χ4v) is 4.79. The number of likely N-dealkylation sites (tertiary alicyclic amines) is 1. The molecule has 0 unspecified atom stereocenters. The van der Waals surface area contributed by atoms with Gasteiger partial charge < -0.3 is 0 Å². The van der Waals surface area contributed by atoms with Crippen LogP contribution in [0.25, 0.3) is 0 Å². The lowest BCUT2D eigenvalue weighted by Gasteiger charge is -2.31. The van der Waals surface area contributed by atoms with Gasteiger partial charge in [0.25, 0.3) is 0 Å². The van der Waals surface area contributed by atoms with Gasteiger partial charge in [0.2, 0.25) is 10.0 Å². The van der Waals surface area contributed by atoms with Crippen LogP contribution in [0.3, 0.4) is 0 Å². The van der Waals surface area contributed by atoms with Crippen LogP contribution in [0.1, 0.15) is 49.6 Å². The summed E-state index contributed by atoms with van der Waals surface area (Å²) in [5.41, 5.74) is 4.39. The zero-order chi connectivity index (χ0) is 24.1. The second kappa shape index (κ2) is 10.4. The van der Waals surface area contributed by atoms with Gasteiger partial charge in [0.1, 0.15) is 0 Å². The fourth-order valence-electron chi connectivity index (χ4n) is 4.10. The number of piperidine rings is 1. The van der Waals surface area contributed by atoms with Gasteiger partial charge >= 0.3 is 0 Å². The number of sulfonamides is 1. The summed E-state index contributed by atoms with van der Waals surface area (Å²) in [6.45, 7) is 10.1. The normalized spacial score (nSPS) is 15.5. The minimum atomic E-state index is -3.35. The summed E-state index contributed by atoms with van der Waals surface area (Å²) in [7, 11) is -3.35. The summed E-state index contributed by atoms with van der Waals surface area (Å²) in [6.07, 6.45) is 5.71. The van der Waals surface area contributed by atoms with E-state index >= 15 is 0 Å². The number of aliphatic imine (C=N–C) groups is 1. The van der Waals surface area contributed by atoms with Crippen molar-refractivity contribution in [2.75, 3.05) is 17.8 Å². The van der Waals surface area contributed by atoms with Gasteiger partial charge in [-0.2, -0.15) is 0 Å². The molecule has 0 bridgehead atoms. The predicted octanol–water partition coefficient (Wildman–Crippen LogP) is 3.58. The Kier molecular flexibility index (Phi) is 7.38. The number of benzene rings is 1. The van der Waals surface area contributed by atoms with Crippen LogP contribution in [0.2, 0.25) is 0 Å². The number of pyridine rings is 1. The van der Waals surface area contributed by atoms with Gasteiger partial charge in [-0.05, 0) is 82.2 Å². The molecule has 1 aliphatic rings. The predicted molar refractivity (Wildman–Crippen MR) is 134 cm³/mol. The van der Waals surface area contributed by atoms with E-state index in [1.54, 1.807) is 24.7 Å². The van der Waals surface area contributed by atoms with Crippen molar-refractivity contribution in [2.45, 2.75) is 50.9 Å². The molecule has 0 amide bonds. The Labute approximate surface area is 201 Å². The molecule has 0 spiro atoms. The van der Waals surface area contributed by atoms with Crippen LogP contribution in [-0.4, -0.2) is 58.4 Å². The highest BCUT2D eigenvalue weighted by atomic mass is 32.2. The van der Waals surface area contributed by atoms with E-state index in [-0.39, 0.29) is 0 Å². The fraction of sp³-hybridized carbons (Fsp3) is 0.417. The van der Waals surface area contributed by atoms with E-state index in [1.165, 1.54) is 5.56 Å². The van der Waals surface area contributed by atoms with Gasteiger partial charge in [-0.3, -0.25) is 19.6 Å². The molecule has 34 heavy (non-hydrogen) atoms. The minimum absolute atomic E-state index is 0.409. The molecule has 0 atom stereocenters. The van der Waals surface area contributed by atoms with Crippen molar-refractivity contribution in [3.8, 4) is 0 Å². The zero-order valence-electron chi connectivity index (χ0n) is 19.6. The highest BCUT2D eigenvalue weighted by molar-refractivity contribution is 7.93. The van der Waals surface area contributed by atoms with E-state index in [9.17, 15) is 8.42 Å². The summed E-state index contributed by atoms with van der Waals surface area (Å²) in [5, 5.41) is 8.10. The maximum absolute atomic E-state index is 12.2. The third-order valence-electron chi connectivity index (χ3n) is 6.10. The van der Waals surface area contributed by atoms with Crippen molar-refractivity contribution in [2.24, 2.45) is 4.99 Å². The standard InChI is InChI=1S/C24H31N7O2S/c1-18(2)34(32,33)28-22-6-4-5-20(13-22)19-8-11-30(12-9-19)15-24-17-31(29-27-24)16-23-14-21(25-3)7-10-26-23/h4-7,10,13-14,17-19,28H,3,8-9,11-12,15-16H2,1-2H3. The first-order chi connectivity index (χ1) is 16.3. The SMILES string of the molecule is C=Nc1ccnc(Cn2cc(CN3CCC(c4cccc(NS(=O)(=O)C(C)C)c4)CC3)nn2)c1. The topological polar surface area (TPSA) is 105 Å². The molecule has 10 heteroatoms. The molecule has 0 aliphatic carbocycles. The van der Waals surface area contributed by atoms with Crippen LogP contribution in [0.15, 0.2) is 53.8 Å². The molecule has 3 aromatic rings. The average molecular weight is 482 g/mol. The van der Waals surface area contributed by atoms with Crippen molar-refractivity contribution >= 4 is 28.1 Å². The van der Waals surface area contributed by atoms with Gasteiger partial charge in [0, 0.05) is 18.4 Å². The van der Waals surface area contributed by atoms with Gasteiger partial charge in [-0.15, -0.1) is 5.10 Å². The first-order valence-corrected chi connectivity index (χ1v) is 13.0. The summed E-state index contributed by atoms with van der Waals surface area (Å²) >= 11 is 0. The number of rotatable bonds is 9. The minimum Gasteiger partial charge on any atom is -0.297 e. The number of nitrogens with zero attached hydrogens (tertiary/aromatic N) is 6. The van der Waals surface area contributed by atoms with Crippen LogP contribution in [0.4, 0.5) is 11.4 Å². The summed E-state index contributed by atoms with van der Waals surface area (Å²) in [5.74, 6) is 0.409. The number of hydrogen-bond acceptors (Lipinski definition) is 7. The Bertz CT molecular complexity index is 1230. The Morgan fingerprint density at radius 1 is 1.15 bits per heavy atom. The van der Waals surface area contributed by atoms with E-state index < -0.39 is 15.3 Å². The third-order valence-corrected chi connectivity index (χ3v) is 7.87. The molecule has 3 heterocycles. The quantitative estimate of drug-likeness (QED) is 0.468. The largest absolute Gasteiger partial charge is 0.297 e. The molecular formula is C24H31N7O2S. The third kappa shape index (κ3) is 6.06. The molecule has 1 N–H and O–H groups in total. The smallest absolute Gasteiger partial charge is 0.235 e. The molecule has 180 valence electrons. The second-order valence-electron chi connectivity index (χ2n) is 8.94. The highest BCUT2D eigenvalue weighted by Crippen LogP contribution is 2.30. The van der Waals surface area contributed by atoms with Crippen LogP contribution < -0.4 is 4.72 Å². The van der Waals surface area contributed by atoms with Crippen molar-refractivity contribution in [3.63, 3.8) is 0 Å². The Morgan fingerprint density at radius 2 is 1.94 bits per heavy atom. The van der Waals surface area contributed by atoms with Gasteiger partial charge in [-0.1, -0.05) is 17.3 Å². The van der Waals surface area contributed by atoms with E-state index in [0.29, 0.717) is 18.2 Å². The van der Waals surface area contributed by atoms with Gasteiger partial charge in [0.05, 0.1) is 35.1 Å². The maximum atomic E-state index is 12.2. The van der Waals surface area contributed by atoms with Crippen molar-refractivity contribution < 1.29 is 8.42 Å². The second-order valence-corrected chi connectivity index (χ2v) is 11.2. The van der Waals surface area contributed by atoms with Crippen molar-refractivity contribution in [1.29, 1.82) is 0 Å². The van der Waals surface area contributed by atoms with Crippen molar-refractivity contribution in [1.82, 2.24) is 24.9 Å². The number of anilines is 1. The summed E-state index contributed by atoms with van der Waals surface area (Å²) < 4.78 is 28.9. The number of hydrogen-bond donors (Lipinski definition) is 1. The van der Waals surface area contributed by atoms with Crippen LogP contribution >= 0.6 is 0 Å². The van der Waals surface area contributed by atoms with E-state index in [0.717, 1.165) is 49.6 Å². The molecule has 4 rings (SSSR count).